The molecule has 3 rings (SSSR count). The predicted octanol–water partition coefficient (Wildman–Crippen LogP) is 3.33. The van der Waals surface area contributed by atoms with E-state index in [0.717, 1.165) is 11.1 Å². The van der Waals surface area contributed by atoms with Gasteiger partial charge < -0.3 is 25.2 Å². The molecule has 0 saturated carbocycles. The van der Waals surface area contributed by atoms with Crippen LogP contribution in [0.3, 0.4) is 0 Å². The van der Waals surface area contributed by atoms with Crippen LogP contribution in [0.4, 0.5) is 0 Å². The van der Waals surface area contributed by atoms with Crippen molar-refractivity contribution in [2.24, 2.45) is 11.8 Å². The average molecular weight is 537 g/mol. The lowest BCUT2D eigenvalue weighted by molar-refractivity contribution is -0.150. The largest absolute Gasteiger partial charge is 0.463 e. The quantitative estimate of drug-likeness (QED) is 0.317. The van der Waals surface area contributed by atoms with Crippen molar-refractivity contribution in [2.45, 2.75) is 57.7 Å². The van der Waals surface area contributed by atoms with Gasteiger partial charge in [0, 0.05) is 12.5 Å². The van der Waals surface area contributed by atoms with Crippen LogP contribution in [0, 0.1) is 11.8 Å². The van der Waals surface area contributed by atoms with Crippen LogP contribution < -0.4 is 10.6 Å². The number of carbonyl (C=O) groups excluding carboxylic acids is 3. The van der Waals surface area contributed by atoms with Gasteiger partial charge in [-0.15, -0.1) is 0 Å². The zero-order valence-electron chi connectivity index (χ0n) is 22.6. The Bertz CT molecular complexity index is 1060. The van der Waals surface area contributed by atoms with Crippen molar-refractivity contribution in [3.63, 3.8) is 0 Å². The highest BCUT2D eigenvalue weighted by Crippen LogP contribution is 2.19. The maximum atomic E-state index is 13.3. The minimum atomic E-state index is -0.611. The molecule has 0 spiro atoms. The smallest absolute Gasteiger partial charge is 0.309 e. The Morgan fingerprint density at radius 2 is 1.74 bits per heavy atom. The minimum absolute atomic E-state index is 0.0193. The molecule has 2 aromatic carbocycles. The summed E-state index contributed by atoms with van der Waals surface area (Å²) in [5, 5.41) is 14.9. The van der Waals surface area contributed by atoms with Gasteiger partial charge in [0.25, 0.3) is 0 Å². The van der Waals surface area contributed by atoms with E-state index in [9.17, 15) is 19.5 Å². The number of aliphatic hydroxyl groups excluding tert-OH is 1. The minimum Gasteiger partial charge on any atom is -0.463 e. The van der Waals surface area contributed by atoms with Gasteiger partial charge in [0.05, 0.1) is 37.7 Å². The number of ether oxygens (including phenoxy) is 2. The number of esters is 1. The molecule has 0 bridgehead atoms. The molecule has 0 radical (unpaired) electrons. The average Bonchev–Trinajstić information content (AvgIpc) is 2.95. The summed E-state index contributed by atoms with van der Waals surface area (Å²) in [4.78, 5) is 38.9. The molecule has 1 heterocycles. The second kappa shape index (κ2) is 16.5. The number of nitrogens with one attached hydrogen (secondary N) is 2. The number of cyclic esters (lactones) is 1. The van der Waals surface area contributed by atoms with Crippen LogP contribution in [-0.2, 0) is 36.9 Å². The van der Waals surface area contributed by atoms with E-state index in [1.165, 1.54) is 0 Å². The molecule has 2 amide bonds. The van der Waals surface area contributed by atoms with E-state index in [0.29, 0.717) is 32.3 Å². The van der Waals surface area contributed by atoms with Crippen LogP contribution in [0.25, 0.3) is 0 Å². The first-order valence-electron chi connectivity index (χ1n) is 13.6. The normalized spacial score (nSPS) is 21.4. The second-order valence-corrected chi connectivity index (χ2v) is 10.1. The third kappa shape index (κ3) is 11.0. The molecule has 4 atom stereocenters. The molecule has 8 nitrogen and oxygen atoms in total. The lowest BCUT2D eigenvalue weighted by atomic mass is 9.94. The van der Waals surface area contributed by atoms with Crippen LogP contribution in [0.5, 0.6) is 0 Å². The van der Waals surface area contributed by atoms with Gasteiger partial charge in [-0.1, -0.05) is 72.8 Å². The second-order valence-electron chi connectivity index (χ2n) is 10.1. The van der Waals surface area contributed by atoms with Crippen molar-refractivity contribution in [3.05, 3.63) is 83.9 Å². The van der Waals surface area contributed by atoms with E-state index >= 15 is 0 Å². The highest BCUT2D eigenvalue weighted by Gasteiger charge is 2.27. The van der Waals surface area contributed by atoms with Crippen molar-refractivity contribution in [1.82, 2.24) is 10.6 Å². The fraction of sp³-hybridized carbons (Fsp3) is 0.452. The fourth-order valence-corrected chi connectivity index (χ4v) is 4.41. The molecular weight excluding hydrogens is 496 g/mol. The van der Waals surface area contributed by atoms with Crippen LogP contribution in [0.2, 0.25) is 0 Å². The molecule has 2 aromatic rings. The Labute approximate surface area is 230 Å². The van der Waals surface area contributed by atoms with Crippen molar-refractivity contribution < 1.29 is 29.0 Å². The van der Waals surface area contributed by atoms with Crippen LogP contribution in [0.15, 0.2) is 72.8 Å². The molecule has 1 aliphatic rings. The lowest BCUT2D eigenvalue weighted by Gasteiger charge is -2.23. The molecule has 0 saturated heterocycles. The van der Waals surface area contributed by atoms with Gasteiger partial charge in [-0.25, -0.2) is 0 Å². The Balaban J connectivity index is 1.72. The maximum Gasteiger partial charge on any atom is 0.309 e. The molecule has 0 aromatic heterocycles. The van der Waals surface area contributed by atoms with Crippen molar-refractivity contribution >= 4 is 17.8 Å². The number of aliphatic hydroxyl groups is 1. The summed E-state index contributed by atoms with van der Waals surface area (Å²) < 4.78 is 11.6. The number of carbonyl (C=O) groups is 3. The van der Waals surface area contributed by atoms with E-state index in [2.05, 4.69) is 10.6 Å². The summed E-state index contributed by atoms with van der Waals surface area (Å²) in [6.45, 7) is 1.99. The fourth-order valence-electron chi connectivity index (χ4n) is 4.41. The number of allylic oxidation sites excluding steroid dienone is 2. The first kappa shape index (κ1) is 30.1. The van der Waals surface area contributed by atoms with Gasteiger partial charge in [-0.2, -0.15) is 0 Å². The van der Waals surface area contributed by atoms with E-state index in [1.54, 1.807) is 6.92 Å². The summed E-state index contributed by atoms with van der Waals surface area (Å²) in [6, 6.07) is 18.5. The van der Waals surface area contributed by atoms with Crippen molar-refractivity contribution in [3.8, 4) is 0 Å². The number of benzene rings is 2. The molecule has 210 valence electrons. The lowest BCUT2D eigenvalue weighted by Crippen LogP contribution is -2.46. The van der Waals surface area contributed by atoms with E-state index in [1.807, 2.05) is 72.8 Å². The monoisotopic (exact) mass is 536 g/mol. The van der Waals surface area contributed by atoms with Gasteiger partial charge in [-0.05, 0) is 43.7 Å². The summed E-state index contributed by atoms with van der Waals surface area (Å²) in [6.07, 6.45) is 6.05. The predicted molar refractivity (Wildman–Crippen MR) is 148 cm³/mol. The van der Waals surface area contributed by atoms with E-state index < -0.39 is 18.0 Å². The van der Waals surface area contributed by atoms with Gasteiger partial charge in [0.15, 0.2) is 0 Å². The molecule has 4 unspecified atom stereocenters. The standard InChI is InChI=1S/C31H40N2O6/c1-23(19-34)32-29(35)18-26-15-9-4-10-16-27(17-24-11-5-2-6-12-24)31(37)39-22-28(33-30(26)36)21-38-20-25-13-7-3-8-14-25/h2-9,11-14,23,26-28,34H,10,15-22H2,1H3,(H,32,35)(H,33,36). The highest BCUT2D eigenvalue weighted by molar-refractivity contribution is 5.86. The molecule has 3 N–H and O–H groups in total. The Morgan fingerprint density at radius 1 is 1.05 bits per heavy atom. The summed E-state index contributed by atoms with van der Waals surface area (Å²) in [5.74, 6) is -1.85. The third-order valence-electron chi connectivity index (χ3n) is 6.61. The van der Waals surface area contributed by atoms with Crippen molar-refractivity contribution in [1.29, 1.82) is 0 Å². The topological polar surface area (TPSA) is 114 Å². The maximum absolute atomic E-state index is 13.3. The van der Waals surface area contributed by atoms with E-state index in [4.69, 9.17) is 9.47 Å². The molecule has 39 heavy (non-hydrogen) atoms. The summed E-state index contributed by atoms with van der Waals surface area (Å²) >= 11 is 0. The molecule has 0 aliphatic carbocycles. The highest BCUT2D eigenvalue weighted by atomic mass is 16.5. The number of amides is 2. The van der Waals surface area contributed by atoms with Gasteiger partial charge in [0.2, 0.25) is 11.8 Å². The van der Waals surface area contributed by atoms with Crippen LogP contribution >= 0.6 is 0 Å². The number of hydrogen-bond donors (Lipinski definition) is 3. The van der Waals surface area contributed by atoms with Gasteiger partial charge in [0.1, 0.15) is 6.61 Å². The van der Waals surface area contributed by atoms with Gasteiger partial charge >= 0.3 is 5.97 Å². The van der Waals surface area contributed by atoms with Gasteiger partial charge in [-0.3, -0.25) is 14.4 Å². The van der Waals surface area contributed by atoms with Crippen LogP contribution in [-0.4, -0.2) is 54.8 Å². The van der Waals surface area contributed by atoms with E-state index in [-0.39, 0.29) is 49.9 Å². The first-order chi connectivity index (χ1) is 18.9. The molecule has 0 fully saturated rings. The summed E-state index contributed by atoms with van der Waals surface area (Å²) in [7, 11) is 0. The van der Waals surface area contributed by atoms with Crippen molar-refractivity contribution in [2.75, 3.05) is 19.8 Å². The SMILES string of the molecule is CC(CO)NC(=O)CC1CC=CCCC(Cc2ccccc2)C(=O)OCC(COCc2ccccc2)NC1=O. The Kier molecular flexibility index (Phi) is 12.7. The number of hydrogen-bond acceptors (Lipinski definition) is 6. The third-order valence-corrected chi connectivity index (χ3v) is 6.61. The summed E-state index contributed by atoms with van der Waals surface area (Å²) in [5.41, 5.74) is 2.05. The number of rotatable bonds is 10. The first-order valence-corrected chi connectivity index (χ1v) is 13.6. The molecular formula is C31H40N2O6. The Morgan fingerprint density at radius 3 is 2.44 bits per heavy atom. The molecule has 1 aliphatic heterocycles. The zero-order valence-corrected chi connectivity index (χ0v) is 22.6. The molecule has 8 heteroatoms. The Hall–Kier alpha value is -3.49. The zero-order chi connectivity index (χ0) is 27.9. The van der Waals surface area contributed by atoms with Crippen LogP contribution in [0.1, 0.15) is 43.7 Å².